The zero-order valence-corrected chi connectivity index (χ0v) is 11.0. The SMILES string of the molecule is CCC(C)(CBr)NS(=O)(=O)c1cnc[nH]1. The Kier molecular flexibility index (Phi) is 3.91. The van der Waals surface area contributed by atoms with Gasteiger partial charge in [-0.2, -0.15) is 0 Å². The summed E-state index contributed by atoms with van der Waals surface area (Å²) in [5, 5.41) is 0.646. The van der Waals surface area contributed by atoms with Gasteiger partial charge in [-0.15, -0.1) is 0 Å². The van der Waals surface area contributed by atoms with Crippen LogP contribution in [-0.4, -0.2) is 29.3 Å². The third-order valence-electron chi connectivity index (χ3n) is 2.22. The van der Waals surface area contributed by atoms with Gasteiger partial charge >= 0.3 is 0 Å². The number of nitrogens with one attached hydrogen (secondary N) is 2. The summed E-state index contributed by atoms with van der Waals surface area (Å²) in [7, 11) is -3.50. The molecule has 2 N–H and O–H groups in total. The lowest BCUT2D eigenvalue weighted by Gasteiger charge is -2.26. The minimum Gasteiger partial charge on any atom is -0.335 e. The Morgan fingerprint density at radius 1 is 1.67 bits per heavy atom. The molecule has 1 aromatic heterocycles. The largest absolute Gasteiger partial charge is 0.335 e. The van der Waals surface area contributed by atoms with Crippen molar-refractivity contribution in [2.45, 2.75) is 30.8 Å². The summed E-state index contributed by atoms with van der Waals surface area (Å²) in [4.78, 5) is 6.25. The molecule has 1 heterocycles. The molecular weight excluding hydrogens is 282 g/mol. The van der Waals surface area contributed by atoms with Crippen LogP contribution in [0.2, 0.25) is 0 Å². The highest BCUT2D eigenvalue weighted by atomic mass is 79.9. The zero-order valence-electron chi connectivity index (χ0n) is 8.62. The molecule has 0 saturated carbocycles. The zero-order chi connectivity index (χ0) is 11.5. The Balaban J connectivity index is 2.91. The number of aromatic amines is 1. The number of H-pyrrole nitrogens is 1. The number of hydrogen-bond donors (Lipinski definition) is 2. The Hall–Kier alpha value is -0.400. The lowest BCUT2D eigenvalue weighted by molar-refractivity contribution is 0.448. The lowest BCUT2D eigenvalue weighted by atomic mass is 10.0. The third kappa shape index (κ3) is 3.02. The molecule has 15 heavy (non-hydrogen) atoms. The van der Waals surface area contributed by atoms with E-state index in [0.717, 1.165) is 0 Å². The van der Waals surface area contributed by atoms with Crippen LogP contribution in [0.5, 0.6) is 0 Å². The predicted molar refractivity (Wildman–Crippen MR) is 61.4 cm³/mol. The van der Waals surface area contributed by atoms with Gasteiger partial charge in [0, 0.05) is 10.9 Å². The van der Waals surface area contributed by atoms with Crippen LogP contribution in [0.1, 0.15) is 20.3 Å². The van der Waals surface area contributed by atoms with E-state index in [9.17, 15) is 8.42 Å². The lowest BCUT2D eigenvalue weighted by Crippen LogP contribution is -2.46. The molecule has 1 atom stereocenters. The minimum absolute atomic E-state index is 0.0862. The van der Waals surface area contributed by atoms with Crippen molar-refractivity contribution in [2.75, 3.05) is 5.33 Å². The molecule has 0 spiro atoms. The molecule has 1 unspecified atom stereocenters. The molecular formula is C8H14BrN3O2S. The van der Waals surface area contributed by atoms with Crippen molar-refractivity contribution in [1.82, 2.24) is 14.7 Å². The molecule has 0 amide bonds. The second kappa shape index (κ2) is 4.63. The quantitative estimate of drug-likeness (QED) is 0.803. The molecule has 5 nitrogen and oxygen atoms in total. The van der Waals surface area contributed by atoms with Crippen molar-refractivity contribution in [1.29, 1.82) is 0 Å². The number of halogens is 1. The van der Waals surface area contributed by atoms with Gasteiger partial charge in [0.15, 0.2) is 5.03 Å². The van der Waals surface area contributed by atoms with Crippen molar-refractivity contribution in [3.63, 3.8) is 0 Å². The number of sulfonamides is 1. The van der Waals surface area contributed by atoms with Crippen LogP contribution in [-0.2, 0) is 10.0 Å². The van der Waals surface area contributed by atoms with Crippen LogP contribution < -0.4 is 4.72 Å². The van der Waals surface area contributed by atoms with Gasteiger partial charge in [0.1, 0.15) is 0 Å². The van der Waals surface area contributed by atoms with E-state index in [1.807, 2.05) is 13.8 Å². The molecule has 1 aromatic rings. The molecule has 0 aliphatic heterocycles. The Morgan fingerprint density at radius 2 is 2.33 bits per heavy atom. The first-order valence-corrected chi connectivity index (χ1v) is 7.12. The van der Waals surface area contributed by atoms with Gasteiger partial charge in [0.2, 0.25) is 0 Å². The highest BCUT2D eigenvalue weighted by Gasteiger charge is 2.28. The number of alkyl halides is 1. The summed E-state index contributed by atoms with van der Waals surface area (Å²) in [5.41, 5.74) is -0.482. The predicted octanol–water partition coefficient (Wildman–Crippen LogP) is 1.25. The fourth-order valence-electron chi connectivity index (χ4n) is 0.963. The number of nitrogens with zero attached hydrogens (tertiary/aromatic N) is 1. The van der Waals surface area contributed by atoms with E-state index in [1.165, 1.54) is 12.5 Å². The van der Waals surface area contributed by atoms with Crippen molar-refractivity contribution < 1.29 is 8.42 Å². The van der Waals surface area contributed by atoms with Crippen molar-refractivity contribution >= 4 is 26.0 Å². The van der Waals surface area contributed by atoms with E-state index >= 15 is 0 Å². The first-order chi connectivity index (χ1) is 6.93. The molecule has 0 aliphatic carbocycles. The molecule has 86 valence electrons. The normalized spacial score (nSPS) is 16.2. The maximum atomic E-state index is 11.8. The maximum absolute atomic E-state index is 11.8. The van der Waals surface area contributed by atoms with Gasteiger partial charge in [0.25, 0.3) is 10.0 Å². The molecule has 0 aliphatic rings. The molecule has 0 bridgehead atoms. The second-order valence-electron chi connectivity index (χ2n) is 3.57. The monoisotopic (exact) mass is 295 g/mol. The highest BCUT2D eigenvalue weighted by Crippen LogP contribution is 2.16. The summed E-state index contributed by atoms with van der Waals surface area (Å²) < 4.78 is 26.3. The molecule has 0 saturated heterocycles. The number of rotatable bonds is 5. The average molecular weight is 296 g/mol. The van der Waals surface area contributed by atoms with Gasteiger partial charge in [-0.3, -0.25) is 0 Å². The summed E-state index contributed by atoms with van der Waals surface area (Å²) in [6.07, 6.45) is 3.32. The Morgan fingerprint density at radius 3 is 2.73 bits per heavy atom. The van der Waals surface area contributed by atoms with Gasteiger partial charge in [0.05, 0.1) is 12.5 Å². The maximum Gasteiger partial charge on any atom is 0.258 e. The van der Waals surface area contributed by atoms with Gasteiger partial charge < -0.3 is 4.98 Å². The van der Waals surface area contributed by atoms with Crippen molar-refractivity contribution in [2.24, 2.45) is 0 Å². The van der Waals surface area contributed by atoms with Gasteiger partial charge in [-0.05, 0) is 13.3 Å². The van der Waals surface area contributed by atoms with Crippen LogP contribution >= 0.6 is 15.9 Å². The number of aromatic nitrogens is 2. The molecule has 7 heteroatoms. The van der Waals surface area contributed by atoms with Crippen molar-refractivity contribution in [3.8, 4) is 0 Å². The minimum atomic E-state index is -3.50. The van der Waals surface area contributed by atoms with E-state index in [-0.39, 0.29) is 5.03 Å². The third-order valence-corrected chi connectivity index (χ3v) is 5.02. The number of hydrogen-bond acceptors (Lipinski definition) is 3. The molecule has 0 aromatic carbocycles. The Bertz CT molecular complexity index is 398. The standard InChI is InChI=1S/C8H14BrN3O2S/c1-3-8(2,5-9)12-15(13,14)7-4-10-6-11-7/h4,6,12H,3,5H2,1-2H3,(H,10,11). The fraction of sp³-hybridized carbons (Fsp3) is 0.625. The van der Waals surface area contributed by atoms with E-state index in [0.29, 0.717) is 11.8 Å². The summed E-state index contributed by atoms with van der Waals surface area (Å²) >= 11 is 3.30. The van der Waals surface area contributed by atoms with E-state index < -0.39 is 15.6 Å². The Labute approximate surface area is 97.9 Å². The smallest absolute Gasteiger partial charge is 0.258 e. The summed E-state index contributed by atoms with van der Waals surface area (Å²) in [6.45, 7) is 3.77. The van der Waals surface area contributed by atoms with Crippen LogP contribution in [0.25, 0.3) is 0 Å². The average Bonchev–Trinajstić information content (AvgIpc) is 2.70. The van der Waals surface area contributed by atoms with Crippen LogP contribution in [0.15, 0.2) is 17.6 Å². The van der Waals surface area contributed by atoms with Crippen LogP contribution in [0.3, 0.4) is 0 Å². The van der Waals surface area contributed by atoms with E-state index in [1.54, 1.807) is 0 Å². The molecule has 1 rings (SSSR count). The van der Waals surface area contributed by atoms with Crippen molar-refractivity contribution in [3.05, 3.63) is 12.5 Å². The first-order valence-electron chi connectivity index (χ1n) is 4.52. The number of imidazole rings is 1. The fourth-order valence-corrected chi connectivity index (χ4v) is 3.07. The summed E-state index contributed by atoms with van der Waals surface area (Å²) in [6, 6.07) is 0. The second-order valence-corrected chi connectivity index (χ2v) is 5.78. The van der Waals surface area contributed by atoms with Gasteiger partial charge in [-0.25, -0.2) is 18.1 Å². The summed E-state index contributed by atoms with van der Waals surface area (Å²) in [5.74, 6) is 0. The van der Waals surface area contributed by atoms with Crippen LogP contribution in [0, 0.1) is 0 Å². The first kappa shape index (κ1) is 12.7. The van der Waals surface area contributed by atoms with E-state index in [4.69, 9.17) is 0 Å². The topological polar surface area (TPSA) is 74.8 Å². The van der Waals surface area contributed by atoms with Crippen LogP contribution in [0.4, 0.5) is 0 Å². The highest BCUT2D eigenvalue weighted by molar-refractivity contribution is 9.09. The molecule has 0 fully saturated rings. The van der Waals surface area contributed by atoms with E-state index in [2.05, 4.69) is 30.6 Å². The van der Waals surface area contributed by atoms with Gasteiger partial charge in [-0.1, -0.05) is 22.9 Å². The molecule has 0 radical (unpaired) electrons.